The maximum Gasteiger partial charge on any atom is 0.185 e. The summed E-state index contributed by atoms with van der Waals surface area (Å²) < 4.78 is 5.54. The number of morpholine rings is 1. The molecule has 1 fully saturated rings. The molecule has 1 saturated heterocycles. The zero-order valence-corrected chi connectivity index (χ0v) is 19.9. The second-order valence-electron chi connectivity index (χ2n) is 9.19. The van der Waals surface area contributed by atoms with Crippen molar-refractivity contribution >= 4 is 11.5 Å². The highest BCUT2D eigenvalue weighted by molar-refractivity contribution is 6.07. The molecular weight excluding hydrogens is 384 g/mol. The zero-order chi connectivity index (χ0) is 22.4. The molecular formula is C27H38N2O2. The number of anilines is 1. The molecule has 0 saturated carbocycles. The first-order valence-corrected chi connectivity index (χ1v) is 11.6. The molecule has 31 heavy (non-hydrogen) atoms. The van der Waals surface area contributed by atoms with Gasteiger partial charge >= 0.3 is 0 Å². The minimum absolute atomic E-state index is 0.217. The van der Waals surface area contributed by atoms with E-state index in [0.717, 1.165) is 37.2 Å². The molecule has 4 heteroatoms. The summed E-state index contributed by atoms with van der Waals surface area (Å²) in [4.78, 5) is 18.7. The average molecular weight is 423 g/mol. The Morgan fingerprint density at radius 3 is 2.29 bits per heavy atom. The number of likely N-dealkylation sites (N-methyl/N-ethyl adjacent to an activating group) is 1. The molecule has 0 radical (unpaired) electrons. The molecule has 0 aliphatic carbocycles. The smallest absolute Gasteiger partial charge is 0.185 e. The maximum absolute atomic E-state index is 14.2. The van der Waals surface area contributed by atoms with Gasteiger partial charge in [0.1, 0.15) is 0 Å². The predicted molar refractivity (Wildman–Crippen MR) is 129 cm³/mol. The molecule has 2 aromatic carbocycles. The molecule has 0 amide bonds. The second kappa shape index (κ2) is 10.4. The van der Waals surface area contributed by atoms with E-state index in [1.165, 1.54) is 11.1 Å². The van der Waals surface area contributed by atoms with Gasteiger partial charge in [0.05, 0.1) is 18.8 Å². The minimum Gasteiger partial charge on any atom is -0.378 e. The van der Waals surface area contributed by atoms with Crippen molar-refractivity contribution in [1.29, 1.82) is 0 Å². The minimum atomic E-state index is -0.573. The fraction of sp³-hybridized carbons (Fsp3) is 0.519. The fourth-order valence-corrected chi connectivity index (χ4v) is 4.63. The van der Waals surface area contributed by atoms with Gasteiger partial charge in [-0.2, -0.15) is 0 Å². The van der Waals surface area contributed by atoms with Gasteiger partial charge in [0, 0.05) is 24.3 Å². The maximum atomic E-state index is 14.2. The van der Waals surface area contributed by atoms with Crippen LogP contribution in [0.5, 0.6) is 0 Å². The van der Waals surface area contributed by atoms with Gasteiger partial charge < -0.3 is 9.64 Å². The monoisotopic (exact) mass is 422 g/mol. The number of hydrogen-bond acceptors (Lipinski definition) is 4. The molecule has 2 aromatic rings. The first kappa shape index (κ1) is 23.5. The summed E-state index contributed by atoms with van der Waals surface area (Å²) in [5, 5.41) is 0. The van der Waals surface area contributed by atoms with Gasteiger partial charge in [-0.05, 0) is 56.1 Å². The van der Waals surface area contributed by atoms with Crippen LogP contribution in [0.15, 0.2) is 48.5 Å². The Morgan fingerprint density at radius 2 is 1.71 bits per heavy atom. The molecule has 1 aliphatic heterocycles. The molecule has 4 nitrogen and oxygen atoms in total. The number of carbonyl (C=O) groups is 1. The zero-order valence-electron chi connectivity index (χ0n) is 19.9. The van der Waals surface area contributed by atoms with Gasteiger partial charge in [-0.3, -0.25) is 9.69 Å². The molecule has 1 unspecified atom stereocenters. The molecule has 0 aromatic heterocycles. The van der Waals surface area contributed by atoms with Crippen LogP contribution < -0.4 is 4.90 Å². The van der Waals surface area contributed by atoms with E-state index >= 15 is 0 Å². The Bertz CT molecular complexity index is 854. The van der Waals surface area contributed by atoms with Crippen LogP contribution >= 0.6 is 0 Å². The third-order valence-electron chi connectivity index (χ3n) is 6.59. The highest BCUT2D eigenvalue weighted by Crippen LogP contribution is 2.33. The van der Waals surface area contributed by atoms with E-state index in [-0.39, 0.29) is 5.78 Å². The van der Waals surface area contributed by atoms with Gasteiger partial charge in [-0.25, -0.2) is 0 Å². The lowest BCUT2D eigenvalue weighted by atomic mass is 9.78. The topological polar surface area (TPSA) is 32.8 Å². The highest BCUT2D eigenvalue weighted by Gasteiger charge is 2.41. The number of ether oxygens (including phenoxy) is 1. The quantitative estimate of drug-likeness (QED) is 0.522. The average Bonchev–Trinajstić information content (AvgIpc) is 2.79. The van der Waals surface area contributed by atoms with Gasteiger partial charge in [-0.15, -0.1) is 0 Å². The van der Waals surface area contributed by atoms with Crippen molar-refractivity contribution in [2.24, 2.45) is 0 Å². The number of carbonyl (C=O) groups excluding carboxylic acids is 1. The first-order chi connectivity index (χ1) is 14.9. The molecule has 0 bridgehead atoms. The standard InChI is InChI=1S/C27H38N2O2/c1-6-15-27(28(4)5,20-22-11-13-23(14-12-22)21(2)3)26(30)24-9-7-8-10-25(24)29-16-18-31-19-17-29/h7-14,21H,6,15-20H2,1-5H3. The van der Waals surface area contributed by atoms with Crippen LogP contribution in [0.3, 0.4) is 0 Å². The van der Waals surface area contributed by atoms with E-state index in [4.69, 9.17) is 4.74 Å². The number of hydrogen-bond donors (Lipinski definition) is 0. The van der Waals surface area contributed by atoms with Crippen LogP contribution in [0.2, 0.25) is 0 Å². The molecule has 3 rings (SSSR count). The number of ketones is 1. The largest absolute Gasteiger partial charge is 0.378 e. The number of nitrogens with zero attached hydrogens (tertiary/aromatic N) is 2. The third-order valence-corrected chi connectivity index (χ3v) is 6.59. The lowest BCUT2D eigenvalue weighted by molar-refractivity contribution is 0.0650. The van der Waals surface area contributed by atoms with Crippen molar-refractivity contribution in [3.05, 3.63) is 65.2 Å². The summed E-state index contributed by atoms with van der Waals surface area (Å²) >= 11 is 0. The first-order valence-electron chi connectivity index (χ1n) is 11.6. The fourth-order valence-electron chi connectivity index (χ4n) is 4.63. The Kier molecular flexibility index (Phi) is 7.90. The van der Waals surface area contributed by atoms with E-state index in [2.05, 4.69) is 60.9 Å². The molecule has 1 atom stereocenters. The number of para-hydroxylation sites is 1. The molecule has 0 N–H and O–H groups in total. The van der Waals surface area contributed by atoms with E-state index in [9.17, 15) is 4.79 Å². The Hall–Kier alpha value is -2.17. The summed E-state index contributed by atoms with van der Waals surface area (Å²) in [6.07, 6.45) is 2.48. The summed E-state index contributed by atoms with van der Waals surface area (Å²) in [5.74, 6) is 0.722. The van der Waals surface area contributed by atoms with E-state index in [1.54, 1.807) is 0 Å². The Balaban J connectivity index is 1.99. The lowest BCUT2D eigenvalue weighted by Gasteiger charge is -2.40. The van der Waals surface area contributed by atoms with Crippen molar-refractivity contribution in [1.82, 2.24) is 4.90 Å². The van der Waals surface area contributed by atoms with Crippen LogP contribution in [-0.2, 0) is 11.2 Å². The normalized spacial score (nSPS) is 16.5. The summed E-state index contributed by atoms with van der Waals surface area (Å²) in [5.41, 5.74) is 3.83. The van der Waals surface area contributed by atoms with E-state index in [0.29, 0.717) is 25.6 Å². The predicted octanol–water partition coefficient (Wildman–Crippen LogP) is 5.17. The van der Waals surface area contributed by atoms with Gasteiger partial charge in [0.25, 0.3) is 0 Å². The molecule has 168 valence electrons. The van der Waals surface area contributed by atoms with Crippen molar-refractivity contribution < 1.29 is 9.53 Å². The highest BCUT2D eigenvalue weighted by atomic mass is 16.5. The molecule has 0 spiro atoms. The van der Waals surface area contributed by atoms with Gasteiger partial charge in [0.2, 0.25) is 0 Å². The molecule has 1 aliphatic rings. The number of rotatable bonds is 9. The van der Waals surface area contributed by atoms with Crippen LogP contribution in [0.4, 0.5) is 5.69 Å². The number of Topliss-reactive ketones (excluding diaryl/α,β-unsaturated/α-hetero) is 1. The molecule has 1 heterocycles. The van der Waals surface area contributed by atoms with Gasteiger partial charge in [0.15, 0.2) is 5.78 Å². The summed E-state index contributed by atoms with van der Waals surface area (Å²) in [7, 11) is 4.10. The van der Waals surface area contributed by atoms with E-state index < -0.39 is 5.54 Å². The SMILES string of the molecule is CCCC(Cc1ccc(C(C)C)cc1)(C(=O)c1ccccc1N1CCOCC1)N(C)C. The summed E-state index contributed by atoms with van der Waals surface area (Å²) in [6, 6.07) is 16.9. The second-order valence-corrected chi connectivity index (χ2v) is 9.19. The van der Waals surface area contributed by atoms with Crippen molar-refractivity contribution in [3.8, 4) is 0 Å². The van der Waals surface area contributed by atoms with Crippen molar-refractivity contribution in [3.63, 3.8) is 0 Å². The number of benzene rings is 2. The summed E-state index contributed by atoms with van der Waals surface area (Å²) in [6.45, 7) is 9.65. The van der Waals surface area contributed by atoms with Crippen LogP contribution in [-0.4, -0.2) is 56.6 Å². The van der Waals surface area contributed by atoms with Crippen LogP contribution in [0.1, 0.15) is 61.0 Å². The van der Waals surface area contributed by atoms with Crippen molar-refractivity contribution in [2.75, 3.05) is 45.3 Å². The van der Waals surface area contributed by atoms with Crippen LogP contribution in [0, 0.1) is 0 Å². The van der Waals surface area contributed by atoms with Gasteiger partial charge in [-0.1, -0.05) is 63.6 Å². The van der Waals surface area contributed by atoms with Crippen molar-refractivity contribution in [2.45, 2.75) is 51.5 Å². The third kappa shape index (κ3) is 5.19. The van der Waals surface area contributed by atoms with Crippen LogP contribution in [0.25, 0.3) is 0 Å². The lowest BCUT2D eigenvalue weighted by Crippen LogP contribution is -2.53. The Labute approximate surface area is 188 Å². The van der Waals surface area contributed by atoms with E-state index in [1.807, 2.05) is 32.3 Å². The Morgan fingerprint density at radius 1 is 1.06 bits per heavy atom.